The van der Waals surface area contributed by atoms with Gasteiger partial charge in [-0.1, -0.05) is 49.9 Å². The molecular formula is C17H26N2. The van der Waals surface area contributed by atoms with Crippen LogP contribution in [0.3, 0.4) is 0 Å². The van der Waals surface area contributed by atoms with Crippen LogP contribution < -0.4 is 5.73 Å². The summed E-state index contributed by atoms with van der Waals surface area (Å²) in [6, 6.07) is 8.75. The van der Waals surface area contributed by atoms with Crippen molar-refractivity contribution in [2.24, 2.45) is 11.1 Å². The van der Waals surface area contributed by atoms with Crippen LogP contribution in [0.4, 0.5) is 0 Å². The molecule has 1 aromatic rings. The van der Waals surface area contributed by atoms with Crippen LogP contribution in [0, 0.1) is 5.41 Å². The second-order valence-corrected chi connectivity index (χ2v) is 6.58. The van der Waals surface area contributed by atoms with Crippen molar-refractivity contribution in [3.63, 3.8) is 0 Å². The first-order valence-electron chi connectivity index (χ1n) is 7.80. The lowest BCUT2D eigenvalue weighted by Crippen LogP contribution is -2.55. The molecule has 2 N–H and O–H groups in total. The number of likely N-dealkylation sites (tertiary alicyclic amines) is 1. The largest absolute Gasteiger partial charge is 0.326 e. The van der Waals surface area contributed by atoms with Crippen LogP contribution in [0.2, 0.25) is 0 Å². The van der Waals surface area contributed by atoms with Gasteiger partial charge in [0.2, 0.25) is 0 Å². The van der Waals surface area contributed by atoms with E-state index in [4.69, 9.17) is 5.73 Å². The summed E-state index contributed by atoms with van der Waals surface area (Å²) in [6.07, 6.45) is 8.76. The maximum atomic E-state index is 5.71. The molecule has 1 spiro atoms. The van der Waals surface area contributed by atoms with Gasteiger partial charge in [-0.25, -0.2) is 0 Å². The molecule has 1 saturated heterocycles. The molecule has 0 atom stereocenters. The van der Waals surface area contributed by atoms with Gasteiger partial charge in [0.25, 0.3) is 0 Å². The predicted octanol–water partition coefficient (Wildman–Crippen LogP) is 3.30. The average Bonchev–Trinajstić information content (AvgIpc) is 2.64. The number of benzene rings is 1. The molecule has 19 heavy (non-hydrogen) atoms. The summed E-state index contributed by atoms with van der Waals surface area (Å²) < 4.78 is 0. The van der Waals surface area contributed by atoms with Crippen LogP contribution in [-0.4, -0.2) is 18.0 Å². The summed E-state index contributed by atoms with van der Waals surface area (Å²) in [5.41, 5.74) is 9.07. The molecule has 0 unspecified atom stereocenters. The Morgan fingerprint density at radius 1 is 1.00 bits per heavy atom. The quantitative estimate of drug-likeness (QED) is 0.901. The SMILES string of the molecule is NCc1cccc(CN2CC3(CCCCCC3)C2)c1. The first-order valence-corrected chi connectivity index (χ1v) is 7.80. The second kappa shape index (κ2) is 5.64. The fraction of sp³-hybridized carbons (Fsp3) is 0.647. The highest BCUT2D eigenvalue weighted by molar-refractivity contribution is 5.23. The first kappa shape index (κ1) is 13.1. The number of nitrogens with two attached hydrogens (primary N) is 1. The smallest absolute Gasteiger partial charge is 0.0234 e. The molecule has 0 bridgehead atoms. The molecule has 2 aliphatic rings. The maximum absolute atomic E-state index is 5.71. The maximum Gasteiger partial charge on any atom is 0.0234 e. The van der Waals surface area contributed by atoms with Gasteiger partial charge in [0, 0.05) is 26.2 Å². The molecule has 1 aromatic carbocycles. The van der Waals surface area contributed by atoms with E-state index in [-0.39, 0.29) is 0 Å². The highest BCUT2D eigenvalue weighted by Gasteiger charge is 2.42. The molecule has 3 rings (SSSR count). The molecule has 1 heterocycles. The third kappa shape index (κ3) is 3.01. The Hall–Kier alpha value is -0.860. The zero-order chi connectivity index (χ0) is 13.1. The van der Waals surface area contributed by atoms with Gasteiger partial charge in [0.05, 0.1) is 0 Å². The van der Waals surface area contributed by atoms with Crippen molar-refractivity contribution in [2.75, 3.05) is 13.1 Å². The van der Waals surface area contributed by atoms with Crippen molar-refractivity contribution in [2.45, 2.75) is 51.6 Å². The molecule has 0 radical (unpaired) electrons. The minimum atomic E-state index is 0.651. The van der Waals surface area contributed by atoms with Crippen molar-refractivity contribution in [3.8, 4) is 0 Å². The third-order valence-electron chi connectivity index (χ3n) is 4.92. The number of rotatable bonds is 3. The number of hydrogen-bond acceptors (Lipinski definition) is 2. The van der Waals surface area contributed by atoms with E-state index in [1.165, 1.54) is 62.7 Å². The molecule has 2 heteroatoms. The minimum absolute atomic E-state index is 0.651. The van der Waals surface area contributed by atoms with Gasteiger partial charge in [0.1, 0.15) is 0 Å². The summed E-state index contributed by atoms with van der Waals surface area (Å²) in [4.78, 5) is 2.61. The van der Waals surface area contributed by atoms with Crippen LogP contribution in [0.15, 0.2) is 24.3 Å². The van der Waals surface area contributed by atoms with E-state index in [0.29, 0.717) is 12.0 Å². The van der Waals surface area contributed by atoms with Crippen molar-refractivity contribution in [1.29, 1.82) is 0 Å². The zero-order valence-corrected chi connectivity index (χ0v) is 11.9. The van der Waals surface area contributed by atoms with Crippen molar-refractivity contribution in [1.82, 2.24) is 4.90 Å². The molecule has 1 aliphatic heterocycles. The van der Waals surface area contributed by atoms with E-state index in [1.54, 1.807) is 0 Å². The summed E-state index contributed by atoms with van der Waals surface area (Å²) in [5.74, 6) is 0. The average molecular weight is 258 g/mol. The highest BCUT2D eigenvalue weighted by Crippen LogP contribution is 2.43. The lowest BCUT2D eigenvalue weighted by molar-refractivity contribution is -0.0176. The van der Waals surface area contributed by atoms with E-state index in [9.17, 15) is 0 Å². The highest BCUT2D eigenvalue weighted by atomic mass is 15.2. The Morgan fingerprint density at radius 3 is 2.37 bits per heavy atom. The standard InChI is InChI=1S/C17H26N2/c18-11-15-6-5-7-16(10-15)12-19-13-17(14-19)8-3-1-2-4-9-17/h5-7,10H,1-4,8-9,11-14,18H2. The number of nitrogens with zero attached hydrogens (tertiary/aromatic N) is 1. The fourth-order valence-electron chi connectivity index (χ4n) is 3.92. The van der Waals surface area contributed by atoms with E-state index in [0.717, 1.165) is 6.54 Å². The Balaban J connectivity index is 1.55. The van der Waals surface area contributed by atoms with Gasteiger partial charge in [-0.2, -0.15) is 0 Å². The van der Waals surface area contributed by atoms with Crippen molar-refractivity contribution in [3.05, 3.63) is 35.4 Å². The zero-order valence-electron chi connectivity index (χ0n) is 11.9. The predicted molar refractivity (Wildman–Crippen MR) is 79.7 cm³/mol. The van der Waals surface area contributed by atoms with Crippen LogP contribution in [0.5, 0.6) is 0 Å². The van der Waals surface area contributed by atoms with Crippen LogP contribution in [0.25, 0.3) is 0 Å². The van der Waals surface area contributed by atoms with Gasteiger partial charge >= 0.3 is 0 Å². The summed E-state index contributed by atoms with van der Waals surface area (Å²) in [6.45, 7) is 4.40. The van der Waals surface area contributed by atoms with Gasteiger partial charge in [0.15, 0.2) is 0 Å². The van der Waals surface area contributed by atoms with Gasteiger partial charge in [-0.3, -0.25) is 4.90 Å². The third-order valence-corrected chi connectivity index (χ3v) is 4.92. The molecule has 1 saturated carbocycles. The Labute approximate surface area is 117 Å². The summed E-state index contributed by atoms with van der Waals surface area (Å²) >= 11 is 0. The van der Waals surface area contributed by atoms with Crippen LogP contribution in [-0.2, 0) is 13.1 Å². The molecule has 2 fully saturated rings. The fourth-order valence-corrected chi connectivity index (χ4v) is 3.92. The van der Waals surface area contributed by atoms with Gasteiger partial charge in [-0.05, 0) is 29.4 Å². The minimum Gasteiger partial charge on any atom is -0.326 e. The molecule has 1 aliphatic carbocycles. The summed E-state index contributed by atoms with van der Waals surface area (Å²) in [7, 11) is 0. The van der Waals surface area contributed by atoms with E-state index < -0.39 is 0 Å². The molecular weight excluding hydrogens is 232 g/mol. The molecule has 104 valence electrons. The lowest BCUT2D eigenvalue weighted by Gasteiger charge is -2.50. The molecule has 0 aromatic heterocycles. The van der Waals surface area contributed by atoms with Gasteiger partial charge < -0.3 is 5.73 Å². The van der Waals surface area contributed by atoms with E-state index in [1.807, 2.05) is 0 Å². The Morgan fingerprint density at radius 2 is 1.68 bits per heavy atom. The summed E-state index contributed by atoms with van der Waals surface area (Å²) in [5, 5.41) is 0. The van der Waals surface area contributed by atoms with Crippen molar-refractivity contribution >= 4 is 0 Å². The molecule has 2 nitrogen and oxygen atoms in total. The molecule has 0 amide bonds. The van der Waals surface area contributed by atoms with Crippen LogP contribution in [0.1, 0.15) is 49.7 Å². The topological polar surface area (TPSA) is 29.3 Å². The number of hydrogen-bond donors (Lipinski definition) is 1. The lowest BCUT2D eigenvalue weighted by atomic mass is 9.73. The first-order chi connectivity index (χ1) is 9.30. The monoisotopic (exact) mass is 258 g/mol. The second-order valence-electron chi connectivity index (χ2n) is 6.58. The van der Waals surface area contributed by atoms with E-state index in [2.05, 4.69) is 29.2 Å². The van der Waals surface area contributed by atoms with Crippen molar-refractivity contribution < 1.29 is 0 Å². The Kier molecular flexibility index (Phi) is 3.90. The van der Waals surface area contributed by atoms with E-state index >= 15 is 0 Å². The van der Waals surface area contributed by atoms with Gasteiger partial charge in [-0.15, -0.1) is 0 Å². The normalized spacial score (nSPS) is 23.0. The van der Waals surface area contributed by atoms with Crippen LogP contribution >= 0.6 is 0 Å². The Bertz CT molecular complexity index is 411.